The van der Waals surface area contributed by atoms with Gasteiger partial charge in [-0.05, 0) is 45.7 Å². The van der Waals surface area contributed by atoms with Crippen LogP contribution in [0.5, 0.6) is 0 Å². The molecule has 114 valence electrons. The zero-order chi connectivity index (χ0) is 14.7. The third-order valence-corrected chi connectivity index (χ3v) is 4.57. The van der Waals surface area contributed by atoms with E-state index < -0.39 is 0 Å². The van der Waals surface area contributed by atoms with Gasteiger partial charge in [-0.2, -0.15) is 5.10 Å². The summed E-state index contributed by atoms with van der Waals surface area (Å²) in [5, 5.41) is 9.29. The average Bonchev–Trinajstić information content (AvgIpc) is 2.91. The number of benzene rings is 1. The lowest BCUT2D eigenvalue weighted by Gasteiger charge is -2.28. The normalized spacial score (nSPS) is 22.8. The van der Waals surface area contributed by atoms with Crippen molar-refractivity contribution in [3.63, 3.8) is 0 Å². The predicted octanol–water partition coefficient (Wildman–Crippen LogP) is 3.10. The first-order valence-electron chi connectivity index (χ1n) is 8.05. The second-order valence-corrected chi connectivity index (χ2v) is 5.85. The molecule has 0 radical (unpaired) electrons. The van der Waals surface area contributed by atoms with E-state index in [1.165, 1.54) is 23.7 Å². The maximum absolute atomic E-state index is 6.12. The molecule has 0 amide bonds. The minimum atomic E-state index is 0.389. The Morgan fingerprint density at radius 2 is 2.00 bits per heavy atom. The number of fused-ring (bicyclic) bond motifs is 1. The van der Waals surface area contributed by atoms with Crippen molar-refractivity contribution in [3.05, 3.63) is 30.0 Å². The van der Waals surface area contributed by atoms with Gasteiger partial charge in [-0.15, -0.1) is 0 Å². The number of rotatable bonds is 5. The van der Waals surface area contributed by atoms with Crippen LogP contribution in [0, 0.1) is 0 Å². The van der Waals surface area contributed by atoms with Crippen LogP contribution in [0.1, 0.15) is 38.3 Å². The molecule has 1 N–H and O–H groups in total. The van der Waals surface area contributed by atoms with Gasteiger partial charge in [0, 0.05) is 18.0 Å². The van der Waals surface area contributed by atoms with Gasteiger partial charge in [0.1, 0.15) is 0 Å². The molecule has 0 bridgehead atoms. The molecular formula is C17H25N3O. The highest BCUT2D eigenvalue weighted by Crippen LogP contribution is 2.24. The standard InChI is InChI=1S/C17H25N3O/c1-3-20-17-7-5-4-6-15(17)16(19-20)12-21-14-10-8-13(18-2)9-11-14/h4-7,13-14,18H,3,8-12H2,1-2H3. The fraction of sp³-hybridized carbons (Fsp3) is 0.588. The lowest BCUT2D eigenvalue weighted by atomic mass is 9.93. The Bertz CT molecular complexity index is 585. The molecule has 0 spiro atoms. The van der Waals surface area contributed by atoms with Crippen molar-refractivity contribution in [1.29, 1.82) is 0 Å². The summed E-state index contributed by atoms with van der Waals surface area (Å²) in [6.07, 6.45) is 5.12. The average molecular weight is 287 g/mol. The number of nitrogens with zero attached hydrogens (tertiary/aromatic N) is 2. The summed E-state index contributed by atoms with van der Waals surface area (Å²) in [4.78, 5) is 0. The summed E-state index contributed by atoms with van der Waals surface area (Å²) in [5.41, 5.74) is 2.28. The second kappa shape index (κ2) is 6.58. The molecule has 1 aromatic heterocycles. The van der Waals surface area contributed by atoms with Gasteiger partial charge in [-0.1, -0.05) is 18.2 Å². The first-order valence-corrected chi connectivity index (χ1v) is 8.05. The SMILES string of the molecule is CCn1nc(COC2CCC(NC)CC2)c2ccccc21. The van der Waals surface area contributed by atoms with Gasteiger partial charge >= 0.3 is 0 Å². The van der Waals surface area contributed by atoms with E-state index in [1.54, 1.807) is 0 Å². The number of ether oxygens (including phenoxy) is 1. The van der Waals surface area contributed by atoms with E-state index in [-0.39, 0.29) is 0 Å². The minimum absolute atomic E-state index is 0.389. The molecule has 0 saturated heterocycles. The molecule has 4 nitrogen and oxygen atoms in total. The van der Waals surface area contributed by atoms with Crippen molar-refractivity contribution in [2.45, 2.75) is 57.9 Å². The van der Waals surface area contributed by atoms with Crippen LogP contribution in [0.4, 0.5) is 0 Å². The van der Waals surface area contributed by atoms with Crippen LogP contribution in [-0.2, 0) is 17.9 Å². The Balaban J connectivity index is 1.66. The van der Waals surface area contributed by atoms with E-state index in [9.17, 15) is 0 Å². The van der Waals surface area contributed by atoms with Crippen molar-refractivity contribution >= 4 is 10.9 Å². The number of hydrogen-bond acceptors (Lipinski definition) is 3. The van der Waals surface area contributed by atoms with Crippen molar-refractivity contribution in [1.82, 2.24) is 15.1 Å². The molecule has 1 heterocycles. The first-order chi connectivity index (χ1) is 10.3. The van der Waals surface area contributed by atoms with E-state index in [4.69, 9.17) is 9.84 Å². The van der Waals surface area contributed by atoms with Crippen molar-refractivity contribution in [2.75, 3.05) is 7.05 Å². The third kappa shape index (κ3) is 3.11. The van der Waals surface area contributed by atoms with Crippen LogP contribution < -0.4 is 5.32 Å². The molecule has 3 rings (SSSR count). The maximum atomic E-state index is 6.12. The Morgan fingerprint density at radius 1 is 1.24 bits per heavy atom. The van der Waals surface area contributed by atoms with E-state index in [0.717, 1.165) is 25.1 Å². The molecule has 1 aliphatic rings. The van der Waals surface area contributed by atoms with Crippen LogP contribution in [0.25, 0.3) is 10.9 Å². The summed E-state index contributed by atoms with van der Waals surface area (Å²) in [6, 6.07) is 9.09. The van der Waals surface area contributed by atoms with E-state index in [2.05, 4.69) is 48.2 Å². The van der Waals surface area contributed by atoms with Gasteiger partial charge < -0.3 is 10.1 Å². The van der Waals surface area contributed by atoms with Crippen LogP contribution >= 0.6 is 0 Å². The highest BCUT2D eigenvalue weighted by Gasteiger charge is 2.21. The number of nitrogens with one attached hydrogen (secondary N) is 1. The number of aryl methyl sites for hydroxylation is 1. The summed E-state index contributed by atoms with van der Waals surface area (Å²) < 4.78 is 8.19. The monoisotopic (exact) mass is 287 g/mol. The lowest BCUT2D eigenvalue weighted by Crippen LogP contribution is -2.32. The largest absolute Gasteiger partial charge is 0.372 e. The summed E-state index contributed by atoms with van der Waals surface area (Å²) >= 11 is 0. The Kier molecular flexibility index (Phi) is 4.56. The molecule has 1 aromatic carbocycles. The highest BCUT2D eigenvalue weighted by molar-refractivity contribution is 5.81. The first kappa shape index (κ1) is 14.5. The van der Waals surface area contributed by atoms with Gasteiger partial charge in [0.25, 0.3) is 0 Å². The van der Waals surface area contributed by atoms with Gasteiger partial charge in [0.2, 0.25) is 0 Å². The van der Waals surface area contributed by atoms with Crippen LogP contribution in [0.15, 0.2) is 24.3 Å². The lowest BCUT2D eigenvalue weighted by molar-refractivity contribution is 0.0106. The Hall–Kier alpha value is -1.39. The maximum Gasteiger partial charge on any atom is 0.0960 e. The molecule has 0 aliphatic heterocycles. The van der Waals surface area contributed by atoms with E-state index in [1.807, 2.05) is 0 Å². The van der Waals surface area contributed by atoms with Crippen LogP contribution in [-0.4, -0.2) is 29.0 Å². The zero-order valence-corrected chi connectivity index (χ0v) is 13.0. The number of hydrogen-bond donors (Lipinski definition) is 1. The van der Waals surface area contributed by atoms with E-state index >= 15 is 0 Å². The topological polar surface area (TPSA) is 39.1 Å². The molecule has 21 heavy (non-hydrogen) atoms. The molecule has 4 heteroatoms. The smallest absolute Gasteiger partial charge is 0.0960 e. The molecule has 0 atom stereocenters. The molecular weight excluding hydrogens is 262 g/mol. The van der Waals surface area contributed by atoms with Crippen LogP contribution in [0.2, 0.25) is 0 Å². The van der Waals surface area contributed by atoms with Crippen molar-refractivity contribution in [2.24, 2.45) is 0 Å². The summed E-state index contributed by atoms with van der Waals surface area (Å²) in [5.74, 6) is 0. The predicted molar refractivity (Wildman–Crippen MR) is 85.3 cm³/mol. The van der Waals surface area contributed by atoms with Gasteiger partial charge in [-0.3, -0.25) is 4.68 Å². The van der Waals surface area contributed by atoms with Gasteiger partial charge in [0.15, 0.2) is 0 Å². The Morgan fingerprint density at radius 3 is 2.71 bits per heavy atom. The molecule has 1 aliphatic carbocycles. The summed E-state index contributed by atoms with van der Waals surface area (Å²) in [6.45, 7) is 3.65. The molecule has 1 saturated carbocycles. The minimum Gasteiger partial charge on any atom is -0.372 e. The summed E-state index contributed by atoms with van der Waals surface area (Å²) in [7, 11) is 2.05. The Labute approximate surface area is 126 Å². The van der Waals surface area contributed by atoms with Crippen molar-refractivity contribution in [3.8, 4) is 0 Å². The fourth-order valence-corrected chi connectivity index (χ4v) is 3.26. The molecule has 2 aromatic rings. The molecule has 0 unspecified atom stereocenters. The second-order valence-electron chi connectivity index (χ2n) is 5.85. The van der Waals surface area contributed by atoms with E-state index in [0.29, 0.717) is 18.8 Å². The van der Waals surface area contributed by atoms with Gasteiger partial charge in [0.05, 0.1) is 23.9 Å². The number of aromatic nitrogens is 2. The highest BCUT2D eigenvalue weighted by atomic mass is 16.5. The number of para-hydroxylation sites is 1. The third-order valence-electron chi connectivity index (χ3n) is 4.57. The fourth-order valence-electron chi connectivity index (χ4n) is 3.26. The van der Waals surface area contributed by atoms with Crippen LogP contribution in [0.3, 0.4) is 0 Å². The zero-order valence-electron chi connectivity index (χ0n) is 13.0. The van der Waals surface area contributed by atoms with Gasteiger partial charge in [-0.25, -0.2) is 0 Å². The molecule has 1 fully saturated rings. The van der Waals surface area contributed by atoms with Crippen molar-refractivity contribution < 1.29 is 4.74 Å². The quantitative estimate of drug-likeness (QED) is 0.918.